The Balaban J connectivity index is 1.63. The molecular weight excluding hydrogens is 669 g/mol. The second-order valence-corrected chi connectivity index (χ2v) is 21.7. The van der Waals surface area contributed by atoms with Crippen LogP contribution in [0.25, 0.3) is 0 Å². The zero-order chi connectivity index (χ0) is 35.6. The molecule has 252 valence electrons. The molecule has 0 amide bonds. The standard InChI is InChI=1S/C46H54GeOSi/c1-29-21-33(5)43(34(6)22-29)47(44-35(7)23-30(2)24-36(44)8)42(41-17-14-13-15-18-41)19-16-20-48-49(45-37(9)25-31(3)26-38(45)10)46-39(11)27-32(4)28-40(46)12/h13-18,20-28,42H,19H2,1-12H3/b20-16-. The molecule has 1 nitrogen and oxygen atoms in total. The molecule has 1 atom stereocenters. The third-order valence-electron chi connectivity index (χ3n) is 9.91. The summed E-state index contributed by atoms with van der Waals surface area (Å²) in [4.78, 5) is 0. The Morgan fingerprint density at radius 3 is 1.22 bits per heavy atom. The molecule has 0 saturated carbocycles. The van der Waals surface area contributed by atoms with Crippen LogP contribution >= 0.6 is 0 Å². The molecule has 0 aliphatic carbocycles. The van der Waals surface area contributed by atoms with E-state index in [1.54, 1.807) is 8.79 Å². The van der Waals surface area contributed by atoms with Gasteiger partial charge in [-0.3, -0.25) is 0 Å². The van der Waals surface area contributed by atoms with E-state index in [4.69, 9.17) is 4.43 Å². The van der Waals surface area contributed by atoms with Crippen molar-refractivity contribution in [3.05, 3.63) is 164 Å². The van der Waals surface area contributed by atoms with Crippen LogP contribution in [0.4, 0.5) is 0 Å². The van der Waals surface area contributed by atoms with Crippen molar-refractivity contribution < 1.29 is 4.43 Å². The Morgan fingerprint density at radius 2 is 0.857 bits per heavy atom. The third-order valence-corrected chi connectivity index (χ3v) is 21.0. The molecule has 0 aliphatic rings. The Morgan fingerprint density at radius 1 is 0.510 bits per heavy atom. The predicted octanol–water partition coefficient (Wildman–Crippen LogP) is 9.05. The molecule has 0 aliphatic heterocycles. The van der Waals surface area contributed by atoms with Crippen LogP contribution in [0, 0.1) is 83.1 Å². The summed E-state index contributed by atoms with van der Waals surface area (Å²) >= 11 is -2.22. The monoisotopic (exact) mass is 724 g/mol. The van der Waals surface area contributed by atoms with Crippen LogP contribution in [-0.4, -0.2) is 23.4 Å². The van der Waals surface area contributed by atoms with Gasteiger partial charge in [-0.15, -0.1) is 0 Å². The molecule has 49 heavy (non-hydrogen) atoms. The van der Waals surface area contributed by atoms with E-state index in [1.807, 2.05) is 0 Å². The van der Waals surface area contributed by atoms with Crippen molar-refractivity contribution in [2.45, 2.75) is 94.3 Å². The van der Waals surface area contributed by atoms with Crippen LogP contribution in [0.5, 0.6) is 0 Å². The molecule has 0 spiro atoms. The van der Waals surface area contributed by atoms with Gasteiger partial charge in [-0.05, 0) is 0 Å². The van der Waals surface area contributed by atoms with Crippen LogP contribution < -0.4 is 19.2 Å². The maximum atomic E-state index is 7.06. The summed E-state index contributed by atoms with van der Waals surface area (Å²) in [6.45, 7) is 27.2. The van der Waals surface area contributed by atoms with Gasteiger partial charge in [0.15, 0.2) is 0 Å². The molecule has 2 radical (unpaired) electrons. The summed E-state index contributed by atoms with van der Waals surface area (Å²) in [5, 5.41) is 2.75. The Labute approximate surface area is 303 Å². The van der Waals surface area contributed by atoms with Gasteiger partial charge in [0.25, 0.3) is 0 Å². The molecule has 3 heteroatoms. The van der Waals surface area contributed by atoms with Gasteiger partial charge in [-0.2, -0.15) is 0 Å². The van der Waals surface area contributed by atoms with Crippen molar-refractivity contribution in [2.75, 3.05) is 0 Å². The molecule has 5 aromatic carbocycles. The number of aryl methyl sites for hydroxylation is 12. The number of rotatable bonds is 10. The fourth-order valence-electron chi connectivity index (χ4n) is 8.42. The van der Waals surface area contributed by atoms with Crippen molar-refractivity contribution in [1.29, 1.82) is 0 Å². The Kier molecular flexibility index (Phi) is 11.6. The fourth-order valence-corrected chi connectivity index (χ4v) is 18.9. The summed E-state index contributed by atoms with van der Waals surface area (Å²) < 4.78 is 10.7. The van der Waals surface area contributed by atoms with Crippen LogP contribution in [0.3, 0.4) is 0 Å². The Bertz CT molecular complexity index is 1800. The molecule has 5 rings (SSSR count). The summed E-state index contributed by atoms with van der Waals surface area (Å²) in [6.07, 6.45) is 5.36. The van der Waals surface area contributed by atoms with E-state index in [0.717, 1.165) is 6.42 Å². The molecule has 0 fully saturated rings. The van der Waals surface area contributed by atoms with E-state index in [-0.39, 0.29) is 0 Å². The first-order chi connectivity index (χ1) is 23.3. The van der Waals surface area contributed by atoms with Gasteiger partial charge in [0.2, 0.25) is 0 Å². The van der Waals surface area contributed by atoms with Crippen molar-refractivity contribution in [3.63, 3.8) is 0 Å². The summed E-state index contributed by atoms with van der Waals surface area (Å²) in [5.74, 6) is 0. The average Bonchev–Trinajstić information content (AvgIpc) is 2.98. The van der Waals surface area contributed by atoms with Gasteiger partial charge in [0.1, 0.15) is 0 Å². The number of benzene rings is 5. The molecule has 0 bridgehead atoms. The van der Waals surface area contributed by atoms with E-state index in [2.05, 4.69) is 174 Å². The van der Waals surface area contributed by atoms with E-state index < -0.39 is 23.4 Å². The van der Waals surface area contributed by atoms with Gasteiger partial charge in [0.05, 0.1) is 0 Å². The molecule has 1 unspecified atom stereocenters. The molecule has 0 heterocycles. The first-order valence-corrected chi connectivity index (χ1v) is 22.4. The van der Waals surface area contributed by atoms with Crippen molar-refractivity contribution >= 4 is 42.6 Å². The van der Waals surface area contributed by atoms with Crippen LogP contribution in [0.15, 0.2) is 91.2 Å². The second-order valence-electron chi connectivity index (χ2n) is 14.5. The van der Waals surface area contributed by atoms with Crippen LogP contribution in [0.2, 0.25) is 0 Å². The minimum atomic E-state index is -2.22. The zero-order valence-corrected chi connectivity index (χ0v) is 35.0. The van der Waals surface area contributed by atoms with E-state index in [1.165, 1.54) is 82.7 Å². The first kappa shape index (κ1) is 36.7. The normalized spacial score (nSPS) is 12.4. The zero-order valence-electron chi connectivity index (χ0n) is 31.9. The number of hydrogen-bond acceptors (Lipinski definition) is 1. The fraction of sp³-hybridized carbons (Fsp3) is 0.304. The summed E-state index contributed by atoms with van der Waals surface area (Å²) in [7, 11) is -1.55. The molecular formula is C46H54GeOSi. The van der Waals surface area contributed by atoms with E-state index >= 15 is 0 Å². The van der Waals surface area contributed by atoms with Crippen LogP contribution in [-0.2, 0) is 4.43 Å². The van der Waals surface area contributed by atoms with Crippen LogP contribution in [0.1, 0.15) is 83.5 Å². The van der Waals surface area contributed by atoms with Gasteiger partial charge in [-0.1, -0.05) is 0 Å². The van der Waals surface area contributed by atoms with E-state index in [0.29, 0.717) is 4.75 Å². The number of hydrogen-bond donors (Lipinski definition) is 0. The van der Waals surface area contributed by atoms with Gasteiger partial charge in [-0.25, -0.2) is 0 Å². The SMILES string of the molecule is Cc1cc(C)c([Si](O/C=C\C[CH](c2ccccc2)[Ge]([c]2c(C)cc(C)cc2C)[c]2c(C)cc(C)cc2C)c2c(C)cc(C)cc2C)c(C)c1. The third kappa shape index (κ3) is 8.08. The predicted molar refractivity (Wildman–Crippen MR) is 217 cm³/mol. The second kappa shape index (κ2) is 15.5. The molecule has 0 N–H and O–H groups in total. The van der Waals surface area contributed by atoms with Gasteiger partial charge >= 0.3 is 305 Å². The van der Waals surface area contributed by atoms with Crippen molar-refractivity contribution in [3.8, 4) is 0 Å². The quantitative estimate of drug-likeness (QED) is 0.103. The molecule has 5 aromatic rings. The average molecular weight is 724 g/mol. The topological polar surface area (TPSA) is 9.23 Å². The molecule has 0 aromatic heterocycles. The van der Waals surface area contributed by atoms with Gasteiger partial charge < -0.3 is 0 Å². The Hall–Kier alpha value is -3.60. The maximum absolute atomic E-state index is 7.06. The first-order valence-electron chi connectivity index (χ1n) is 17.7. The molecule has 0 saturated heterocycles. The van der Waals surface area contributed by atoms with Crippen molar-refractivity contribution in [2.24, 2.45) is 0 Å². The summed E-state index contributed by atoms with van der Waals surface area (Å²) in [5.41, 5.74) is 17.8. The van der Waals surface area contributed by atoms with Gasteiger partial charge in [0, 0.05) is 0 Å². The summed E-state index contributed by atoms with van der Waals surface area (Å²) in [6, 6.07) is 30.2. The number of allylic oxidation sites excluding steroid dienone is 1. The minimum absolute atomic E-state index is 0.391. The van der Waals surface area contributed by atoms with Crippen molar-refractivity contribution in [1.82, 2.24) is 0 Å². The van der Waals surface area contributed by atoms with E-state index in [9.17, 15) is 0 Å².